The van der Waals surface area contributed by atoms with Crippen LogP contribution in [0.5, 0.6) is 0 Å². The van der Waals surface area contributed by atoms with Crippen molar-refractivity contribution in [1.29, 1.82) is 0 Å². The molecule has 2 aliphatic heterocycles. The van der Waals surface area contributed by atoms with Gasteiger partial charge in [-0.15, -0.1) is 16.9 Å². The molecule has 0 spiro atoms. The molecule has 1 aromatic heterocycles. The van der Waals surface area contributed by atoms with Gasteiger partial charge in [-0.05, 0) is 16.0 Å². The Morgan fingerprint density at radius 1 is 1.46 bits per heavy atom. The number of carboxylic acid groups (broad SMARTS) is 1. The summed E-state index contributed by atoms with van der Waals surface area (Å²) in [4.78, 5) is 24.4. The maximum absolute atomic E-state index is 11.6. The van der Waals surface area contributed by atoms with Crippen LogP contribution in [0.3, 0.4) is 0 Å². The molecule has 3 heterocycles. The lowest BCUT2D eigenvalue weighted by Crippen LogP contribution is -2.54. The molecule has 0 aliphatic carbocycles. The van der Waals surface area contributed by atoms with Crippen molar-refractivity contribution in [2.24, 2.45) is 0 Å². The zero-order valence-corrected chi connectivity index (χ0v) is 14.3. The highest BCUT2D eigenvalue weighted by Crippen LogP contribution is 2.41. The van der Waals surface area contributed by atoms with E-state index in [0.29, 0.717) is 17.7 Å². The normalized spacial score (nSPS) is 20.8. The minimum Gasteiger partial charge on any atom is -0.477 e. The van der Waals surface area contributed by atoms with Crippen molar-refractivity contribution in [3.8, 4) is 0 Å². The lowest BCUT2D eigenvalue weighted by Gasteiger charge is -2.43. The van der Waals surface area contributed by atoms with E-state index in [2.05, 4.69) is 15.5 Å². The number of aromatic nitrogens is 4. The van der Waals surface area contributed by atoms with Gasteiger partial charge in [-0.3, -0.25) is 14.2 Å². The summed E-state index contributed by atoms with van der Waals surface area (Å²) in [5.74, 6) is -1.58. The summed E-state index contributed by atoms with van der Waals surface area (Å²) >= 11 is 2.50. The molecule has 0 radical (unpaired) electrons. The van der Waals surface area contributed by atoms with Crippen LogP contribution in [0.2, 0.25) is 0 Å². The molecule has 1 unspecified atom stereocenters. The van der Waals surface area contributed by atoms with Crippen molar-refractivity contribution in [2.45, 2.75) is 22.8 Å². The van der Waals surface area contributed by atoms with Gasteiger partial charge in [-0.25, -0.2) is 9.48 Å². The number of carbonyl (C=O) groups excluding carboxylic acids is 1. The fraction of sp³-hybridized carbons (Fsp3) is 0.500. The summed E-state index contributed by atoms with van der Waals surface area (Å²) in [7, 11) is -4.31. The molecule has 1 atom stereocenters. The highest BCUT2D eigenvalue weighted by molar-refractivity contribution is 8.01. The van der Waals surface area contributed by atoms with Gasteiger partial charge in [-0.1, -0.05) is 11.8 Å². The van der Waals surface area contributed by atoms with Crippen molar-refractivity contribution in [2.75, 3.05) is 11.5 Å². The van der Waals surface area contributed by atoms with Gasteiger partial charge in [0, 0.05) is 11.5 Å². The summed E-state index contributed by atoms with van der Waals surface area (Å²) in [5.41, 5.74) is 0.500. The van der Waals surface area contributed by atoms with Crippen LogP contribution < -0.4 is 0 Å². The van der Waals surface area contributed by atoms with E-state index in [-0.39, 0.29) is 27.9 Å². The Bertz CT molecular complexity index is 834. The van der Waals surface area contributed by atoms with Crippen LogP contribution in [0.4, 0.5) is 0 Å². The lowest BCUT2D eigenvalue weighted by atomic mass is 10.1. The monoisotopic (exact) mass is 393 g/mol. The summed E-state index contributed by atoms with van der Waals surface area (Å²) in [6.45, 7) is 0. The molecule has 1 saturated heterocycles. The first-order valence-electron chi connectivity index (χ1n) is 6.49. The molecule has 0 saturated carbocycles. The molecule has 24 heavy (non-hydrogen) atoms. The number of thioether (sulfide) groups is 2. The van der Waals surface area contributed by atoms with Gasteiger partial charge in [0.2, 0.25) is 11.1 Å². The number of carboxylic acids is 1. The van der Waals surface area contributed by atoms with Gasteiger partial charge in [0.05, 0.1) is 11.8 Å². The predicted octanol–water partition coefficient (Wildman–Crippen LogP) is -0.746. The third-order valence-corrected chi connectivity index (χ3v) is 6.19. The van der Waals surface area contributed by atoms with E-state index in [9.17, 15) is 23.1 Å². The zero-order chi connectivity index (χ0) is 17.5. The smallest absolute Gasteiger partial charge is 0.352 e. The van der Waals surface area contributed by atoms with Gasteiger partial charge in [0.15, 0.2) is 5.88 Å². The number of fused-ring (bicyclic) bond motifs is 1. The maximum atomic E-state index is 11.6. The van der Waals surface area contributed by atoms with Crippen LogP contribution in [-0.4, -0.2) is 71.9 Å². The standard InChI is InChI=1S/C10H11N5O6S3/c16-6-1-7-15(6)8(9(17)18)5(2-22-7)3-23-10-11-12-13-14(10)4-24(19,20)21/h7H,1-4H2,(H,17,18)(H,19,20,21). The fourth-order valence-corrected chi connectivity index (χ4v) is 5.12. The van der Waals surface area contributed by atoms with Crippen LogP contribution in [0.15, 0.2) is 16.4 Å². The Morgan fingerprint density at radius 2 is 2.21 bits per heavy atom. The Hall–Kier alpha value is -1.64. The number of tetrazole rings is 1. The second-order valence-electron chi connectivity index (χ2n) is 4.95. The van der Waals surface area contributed by atoms with E-state index >= 15 is 0 Å². The number of rotatable bonds is 6. The van der Waals surface area contributed by atoms with E-state index in [1.165, 1.54) is 16.7 Å². The van der Waals surface area contributed by atoms with Crippen LogP contribution in [0.1, 0.15) is 6.42 Å². The Morgan fingerprint density at radius 3 is 2.83 bits per heavy atom. The third-order valence-electron chi connectivity index (χ3n) is 3.29. The van der Waals surface area contributed by atoms with Crippen molar-refractivity contribution in [3.05, 3.63) is 11.3 Å². The number of aliphatic carboxylic acids is 1. The molecule has 2 aliphatic rings. The third kappa shape index (κ3) is 3.40. The number of carbonyl (C=O) groups is 2. The van der Waals surface area contributed by atoms with E-state index in [1.54, 1.807) is 0 Å². The highest BCUT2D eigenvalue weighted by atomic mass is 32.2. The minimum atomic E-state index is -4.31. The van der Waals surface area contributed by atoms with Gasteiger partial charge in [0.1, 0.15) is 5.70 Å². The van der Waals surface area contributed by atoms with E-state index in [0.717, 1.165) is 16.4 Å². The molecule has 2 N–H and O–H groups in total. The quantitative estimate of drug-likeness (QED) is 0.356. The van der Waals surface area contributed by atoms with Gasteiger partial charge < -0.3 is 5.11 Å². The van der Waals surface area contributed by atoms with E-state index in [4.69, 9.17) is 4.55 Å². The summed E-state index contributed by atoms with van der Waals surface area (Å²) in [5, 5.41) is 19.8. The number of hydrogen-bond acceptors (Lipinski definition) is 9. The van der Waals surface area contributed by atoms with Crippen molar-refractivity contribution in [3.63, 3.8) is 0 Å². The lowest BCUT2D eigenvalue weighted by molar-refractivity contribution is -0.146. The molecule has 11 nitrogen and oxygen atoms in total. The number of amides is 1. The number of β-lactam (4-membered cyclic amide) rings is 1. The average Bonchev–Trinajstić information content (AvgIpc) is 2.89. The Labute approximate surface area is 144 Å². The van der Waals surface area contributed by atoms with Crippen molar-refractivity contribution >= 4 is 45.5 Å². The molecule has 14 heteroatoms. The van der Waals surface area contributed by atoms with E-state index < -0.39 is 22.0 Å². The zero-order valence-electron chi connectivity index (χ0n) is 11.9. The molecular formula is C10H11N5O6S3. The highest BCUT2D eigenvalue weighted by Gasteiger charge is 2.45. The second-order valence-corrected chi connectivity index (χ2v) is 8.48. The topological polar surface area (TPSA) is 156 Å². The average molecular weight is 393 g/mol. The summed E-state index contributed by atoms with van der Waals surface area (Å²) in [6.07, 6.45) is 0.328. The molecule has 1 amide bonds. The minimum absolute atomic E-state index is 0.0312. The maximum Gasteiger partial charge on any atom is 0.352 e. The van der Waals surface area contributed by atoms with E-state index in [1.807, 2.05) is 0 Å². The number of hydrogen-bond donors (Lipinski definition) is 2. The van der Waals surface area contributed by atoms with Gasteiger partial charge >= 0.3 is 5.97 Å². The van der Waals surface area contributed by atoms with Gasteiger partial charge in [0.25, 0.3) is 10.1 Å². The molecule has 3 rings (SSSR count). The SMILES string of the molecule is O=C(O)C1=C(CSc2nnnn2CS(=O)(=O)O)CSC2CC(=O)N12. The molecule has 1 aromatic rings. The van der Waals surface area contributed by atoms with Crippen LogP contribution in [0.25, 0.3) is 0 Å². The first-order valence-corrected chi connectivity index (χ1v) is 10.1. The van der Waals surface area contributed by atoms with Crippen LogP contribution in [0, 0.1) is 0 Å². The fourth-order valence-electron chi connectivity index (χ4n) is 2.28. The molecule has 130 valence electrons. The largest absolute Gasteiger partial charge is 0.477 e. The first kappa shape index (κ1) is 17.2. The van der Waals surface area contributed by atoms with Gasteiger partial charge in [-0.2, -0.15) is 8.42 Å². The Balaban J connectivity index is 1.78. The summed E-state index contributed by atoms with van der Waals surface area (Å²) in [6, 6.07) is 0. The van der Waals surface area contributed by atoms with Crippen molar-refractivity contribution in [1.82, 2.24) is 25.1 Å². The molecule has 1 fully saturated rings. The summed E-state index contributed by atoms with van der Waals surface area (Å²) < 4.78 is 31.6. The number of nitrogens with zero attached hydrogens (tertiary/aromatic N) is 5. The molecule has 0 aromatic carbocycles. The van der Waals surface area contributed by atoms with Crippen LogP contribution >= 0.6 is 23.5 Å². The molecular weight excluding hydrogens is 382 g/mol. The second kappa shape index (κ2) is 6.34. The first-order chi connectivity index (χ1) is 11.3. The van der Waals surface area contributed by atoms with Crippen molar-refractivity contribution < 1.29 is 27.7 Å². The molecule has 0 bridgehead atoms. The predicted molar refractivity (Wildman–Crippen MR) is 82.5 cm³/mol. The Kier molecular flexibility index (Phi) is 4.54. The van der Waals surface area contributed by atoms with Crippen LogP contribution in [-0.2, 0) is 25.6 Å².